The Morgan fingerprint density at radius 3 is 2.85 bits per heavy atom. The van der Waals surface area contributed by atoms with Gasteiger partial charge in [-0.2, -0.15) is 0 Å². The van der Waals surface area contributed by atoms with E-state index in [1.807, 2.05) is 25.1 Å². The molecule has 0 unspecified atom stereocenters. The average molecular weight is 274 g/mol. The summed E-state index contributed by atoms with van der Waals surface area (Å²) in [7, 11) is 0. The summed E-state index contributed by atoms with van der Waals surface area (Å²) < 4.78 is 11.2. The van der Waals surface area contributed by atoms with Gasteiger partial charge in [-0.3, -0.25) is 4.98 Å². The fourth-order valence-corrected chi connectivity index (χ4v) is 1.83. The molecule has 2 rings (SSSR count). The molecule has 0 aromatic carbocycles. The Morgan fingerprint density at radius 2 is 2.15 bits per heavy atom. The molecule has 20 heavy (non-hydrogen) atoms. The highest BCUT2D eigenvalue weighted by Crippen LogP contribution is 2.15. The van der Waals surface area contributed by atoms with Gasteiger partial charge in [-0.25, -0.2) is 0 Å². The van der Waals surface area contributed by atoms with Crippen molar-refractivity contribution in [1.82, 2.24) is 10.3 Å². The minimum absolute atomic E-state index is 0.500. The molecule has 0 radical (unpaired) electrons. The van der Waals surface area contributed by atoms with Gasteiger partial charge in [-0.15, -0.1) is 0 Å². The first-order valence-corrected chi connectivity index (χ1v) is 6.96. The molecule has 0 aliphatic carbocycles. The number of hydrogen-bond acceptors (Lipinski definition) is 4. The number of pyridine rings is 1. The summed E-state index contributed by atoms with van der Waals surface area (Å²) in [5, 5.41) is 3.37. The smallest absolute Gasteiger partial charge is 0.138 e. The van der Waals surface area contributed by atoms with Crippen LogP contribution >= 0.6 is 0 Å². The van der Waals surface area contributed by atoms with E-state index in [0.29, 0.717) is 12.5 Å². The minimum atomic E-state index is 0.500. The molecule has 0 atom stereocenters. The first-order chi connectivity index (χ1) is 9.65. The van der Waals surface area contributed by atoms with Gasteiger partial charge in [0.2, 0.25) is 0 Å². The molecule has 0 aliphatic heterocycles. The summed E-state index contributed by atoms with van der Waals surface area (Å²) in [5.41, 5.74) is 2.06. The molecule has 2 aromatic heterocycles. The molecule has 4 heteroatoms. The summed E-state index contributed by atoms with van der Waals surface area (Å²) >= 11 is 0. The monoisotopic (exact) mass is 274 g/mol. The summed E-state index contributed by atoms with van der Waals surface area (Å²) in [6, 6.07) is 5.82. The van der Waals surface area contributed by atoms with Gasteiger partial charge in [0.25, 0.3) is 0 Å². The maximum absolute atomic E-state index is 5.72. The molecule has 0 bridgehead atoms. The topological polar surface area (TPSA) is 47.3 Å². The van der Waals surface area contributed by atoms with Gasteiger partial charge in [0, 0.05) is 11.3 Å². The highest BCUT2D eigenvalue weighted by Gasteiger charge is 2.07. The van der Waals surface area contributed by atoms with Gasteiger partial charge >= 0.3 is 0 Å². The summed E-state index contributed by atoms with van der Waals surface area (Å²) in [6.07, 6.45) is 3.45. The number of rotatable bonds is 7. The van der Waals surface area contributed by atoms with Crippen LogP contribution in [0.3, 0.4) is 0 Å². The molecule has 108 valence electrons. The largest absolute Gasteiger partial charge is 0.487 e. The van der Waals surface area contributed by atoms with Crippen LogP contribution in [0.25, 0.3) is 0 Å². The Kier molecular flexibility index (Phi) is 5.18. The SMILES string of the molecule is Cc1ccc(OCc2ccoc2CNCC(C)C)cn1. The van der Waals surface area contributed by atoms with Crippen molar-refractivity contribution < 1.29 is 9.15 Å². The lowest BCUT2D eigenvalue weighted by molar-refractivity contribution is 0.300. The average Bonchev–Trinajstić information content (AvgIpc) is 2.85. The zero-order valence-corrected chi connectivity index (χ0v) is 12.3. The first-order valence-electron chi connectivity index (χ1n) is 6.96. The molecule has 0 spiro atoms. The summed E-state index contributed by atoms with van der Waals surface area (Å²) in [4.78, 5) is 4.21. The summed E-state index contributed by atoms with van der Waals surface area (Å²) in [6.45, 7) is 8.53. The van der Waals surface area contributed by atoms with E-state index in [9.17, 15) is 0 Å². The van der Waals surface area contributed by atoms with Crippen LogP contribution in [0.15, 0.2) is 35.1 Å². The van der Waals surface area contributed by atoms with Gasteiger partial charge in [0.05, 0.1) is 19.0 Å². The van der Waals surface area contributed by atoms with Crippen molar-refractivity contribution in [1.29, 1.82) is 0 Å². The van der Waals surface area contributed by atoms with Gasteiger partial charge in [0.1, 0.15) is 18.1 Å². The predicted octanol–water partition coefficient (Wildman–Crippen LogP) is 3.31. The third-order valence-electron chi connectivity index (χ3n) is 2.95. The predicted molar refractivity (Wildman–Crippen MR) is 78.6 cm³/mol. The number of nitrogens with zero attached hydrogens (tertiary/aromatic N) is 1. The van der Waals surface area contributed by atoms with Crippen molar-refractivity contribution in [2.75, 3.05) is 6.54 Å². The van der Waals surface area contributed by atoms with Crippen LogP contribution in [-0.4, -0.2) is 11.5 Å². The van der Waals surface area contributed by atoms with Gasteiger partial charge in [-0.1, -0.05) is 13.8 Å². The fraction of sp³-hybridized carbons (Fsp3) is 0.438. The molecular weight excluding hydrogens is 252 g/mol. The van der Waals surface area contributed by atoms with E-state index < -0.39 is 0 Å². The van der Waals surface area contributed by atoms with E-state index >= 15 is 0 Å². The molecule has 0 fully saturated rings. The molecule has 0 aliphatic rings. The standard InChI is InChI=1S/C16H22N2O2/c1-12(2)8-17-10-16-14(6-7-19-16)11-20-15-5-4-13(3)18-9-15/h4-7,9,12,17H,8,10-11H2,1-3H3. The number of hydrogen-bond donors (Lipinski definition) is 1. The Labute approximate surface area is 120 Å². The number of aromatic nitrogens is 1. The maximum Gasteiger partial charge on any atom is 0.138 e. The van der Waals surface area contributed by atoms with E-state index in [1.54, 1.807) is 12.5 Å². The lowest BCUT2D eigenvalue weighted by Gasteiger charge is -2.08. The highest BCUT2D eigenvalue weighted by molar-refractivity contribution is 5.21. The first kappa shape index (κ1) is 14.6. The van der Waals surface area contributed by atoms with Crippen molar-refractivity contribution in [3.8, 4) is 5.75 Å². The van der Waals surface area contributed by atoms with Crippen molar-refractivity contribution in [3.05, 3.63) is 47.7 Å². The Morgan fingerprint density at radius 1 is 1.30 bits per heavy atom. The number of aryl methyl sites for hydroxylation is 1. The van der Waals surface area contributed by atoms with E-state index in [2.05, 4.69) is 24.1 Å². The molecule has 0 saturated heterocycles. The van der Waals surface area contributed by atoms with E-state index in [0.717, 1.165) is 35.9 Å². The highest BCUT2D eigenvalue weighted by atomic mass is 16.5. The van der Waals surface area contributed by atoms with Crippen LogP contribution in [0.1, 0.15) is 30.9 Å². The zero-order chi connectivity index (χ0) is 14.4. The van der Waals surface area contributed by atoms with Crippen LogP contribution in [0.4, 0.5) is 0 Å². The molecule has 4 nitrogen and oxygen atoms in total. The second kappa shape index (κ2) is 7.10. The van der Waals surface area contributed by atoms with E-state index in [-0.39, 0.29) is 0 Å². The normalized spacial score (nSPS) is 11.0. The second-order valence-electron chi connectivity index (χ2n) is 5.32. The molecule has 0 saturated carbocycles. The third-order valence-corrected chi connectivity index (χ3v) is 2.95. The zero-order valence-electron chi connectivity index (χ0n) is 12.3. The van der Waals surface area contributed by atoms with Crippen molar-refractivity contribution in [2.45, 2.75) is 33.9 Å². The number of nitrogens with one attached hydrogen (secondary N) is 1. The number of ether oxygens (including phenoxy) is 1. The van der Waals surface area contributed by atoms with Gasteiger partial charge in [0.15, 0.2) is 0 Å². The summed E-state index contributed by atoms with van der Waals surface area (Å²) in [5.74, 6) is 2.34. The quantitative estimate of drug-likeness (QED) is 0.841. The molecular formula is C16H22N2O2. The molecule has 2 aromatic rings. The third kappa shape index (κ3) is 4.38. The van der Waals surface area contributed by atoms with Crippen LogP contribution in [0.5, 0.6) is 5.75 Å². The molecule has 2 heterocycles. The number of furan rings is 1. The minimum Gasteiger partial charge on any atom is -0.487 e. The lowest BCUT2D eigenvalue weighted by atomic mass is 10.2. The van der Waals surface area contributed by atoms with Crippen LogP contribution in [0, 0.1) is 12.8 Å². The van der Waals surface area contributed by atoms with Crippen LogP contribution < -0.4 is 10.1 Å². The van der Waals surface area contributed by atoms with Crippen molar-refractivity contribution >= 4 is 0 Å². The Bertz CT molecular complexity index is 518. The molecule has 0 amide bonds. The Hall–Kier alpha value is -1.81. The van der Waals surface area contributed by atoms with E-state index in [1.165, 1.54) is 0 Å². The van der Waals surface area contributed by atoms with E-state index in [4.69, 9.17) is 9.15 Å². The second-order valence-corrected chi connectivity index (χ2v) is 5.32. The van der Waals surface area contributed by atoms with Gasteiger partial charge in [-0.05, 0) is 37.6 Å². The van der Waals surface area contributed by atoms with Crippen molar-refractivity contribution in [2.24, 2.45) is 5.92 Å². The Balaban J connectivity index is 1.86. The lowest BCUT2D eigenvalue weighted by Crippen LogP contribution is -2.19. The fourth-order valence-electron chi connectivity index (χ4n) is 1.83. The molecule has 1 N–H and O–H groups in total. The van der Waals surface area contributed by atoms with Gasteiger partial charge < -0.3 is 14.5 Å². The van der Waals surface area contributed by atoms with Crippen molar-refractivity contribution in [3.63, 3.8) is 0 Å². The van der Waals surface area contributed by atoms with Crippen LogP contribution in [-0.2, 0) is 13.2 Å². The van der Waals surface area contributed by atoms with Crippen LogP contribution in [0.2, 0.25) is 0 Å². The maximum atomic E-state index is 5.72.